The predicted molar refractivity (Wildman–Crippen MR) is 201 cm³/mol. The second kappa shape index (κ2) is 15.2. The van der Waals surface area contributed by atoms with Gasteiger partial charge in [-0.15, -0.1) is 0 Å². The van der Waals surface area contributed by atoms with Crippen molar-refractivity contribution in [3.8, 4) is 11.5 Å². The number of ether oxygens (including phenoxy) is 3. The van der Waals surface area contributed by atoms with E-state index in [1.807, 2.05) is 79.7 Å². The smallest absolute Gasteiger partial charge is 0.338 e. The van der Waals surface area contributed by atoms with Gasteiger partial charge in [0.25, 0.3) is 5.56 Å². The Kier molecular flexibility index (Phi) is 10.8. The molecule has 0 unspecified atom stereocenters. The molecule has 1 aliphatic heterocycles. The van der Waals surface area contributed by atoms with E-state index in [4.69, 9.17) is 19.2 Å². The number of halogens is 3. The van der Waals surface area contributed by atoms with Gasteiger partial charge < -0.3 is 14.2 Å². The number of esters is 1. The van der Waals surface area contributed by atoms with Gasteiger partial charge in [0.15, 0.2) is 4.80 Å². The molecule has 0 spiro atoms. The second-order valence-corrected chi connectivity index (χ2v) is 14.0. The SMILES string of the molecule is CCOC(=O)C1=C(c2ccccc2)N=c2s/c(=C\c3cc(I)c(OCc4ccc(F)cc4)c(I)c3)c(=O)n2[C@@H]1c1ccc(OCC)cc1. The van der Waals surface area contributed by atoms with Crippen molar-refractivity contribution < 1.29 is 23.4 Å². The average molecular weight is 887 g/mol. The Labute approximate surface area is 307 Å². The minimum atomic E-state index is -0.782. The lowest BCUT2D eigenvalue weighted by Gasteiger charge is -2.26. The Morgan fingerprint density at radius 2 is 1.62 bits per heavy atom. The van der Waals surface area contributed by atoms with Crippen molar-refractivity contribution in [2.24, 2.45) is 4.99 Å². The lowest BCUT2D eigenvalue weighted by Crippen LogP contribution is -2.40. The van der Waals surface area contributed by atoms with E-state index in [-0.39, 0.29) is 23.6 Å². The molecule has 0 aliphatic carbocycles. The number of nitrogens with zero attached hydrogens (tertiary/aromatic N) is 2. The van der Waals surface area contributed by atoms with E-state index in [1.165, 1.54) is 23.5 Å². The molecule has 0 bridgehead atoms. The molecule has 6 rings (SSSR count). The van der Waals surface area contributed by atoms with Gasteiger partial charge in [0.05, 0.1) is 42.2 Å². The van der Waals surface area contributed by atoms with Crippen molar-refractivity contribution in [3.05, 3.63) is 151 Å². The zero-order valence-electron chi connectivity index (χ0n) is 25.9. The molecule has 1 atom stereocenters. The monoisotopic (exact) mass is 886 g/mol. The van der Waals surface area contributed by atoms with Gasteiger partial charge in [-0.1, -0.05) is 65.9 Å². The van der Waals surface area contributed by atoms with Crippen LogP contribution in [-0.2, 0) is 16.1 Å². The zero-order valence-corrected chi connectivity index (χ0v) is 31.0. The molecule has 1 aromatic heterocycles. The first-order chi connectivity index (χ1) is 23.3. The van der Waals surface area contributed by atoms with Crippen LogP contribution in [0.5, 0.6) is 11.5 Å². The molecule has 0 saturated heterocycles. The predicted octanol–water partition coefficient (Wildman–Crippen LogP) is 7.26. The maximum absolute atomic E-state index is 14.3. The third kappa shape index (κ3) is 7.27. The maximum Gasteiger partial charge on any atom is 0.338 e. The lowest BCUT2D eigenvalue weighted by atomic mass is 9.93. The quantitative estimate of drug-likeness (QED) is 0.109. The number of carbonyl (C=O) groups is 1. The Hall–Kier alpha value is -3.82. The number of aromatic nitrogens is 1. The van der Waals surface area contributed by atoms with Gasteiger partial charge in [0.2, 0.25) is 0 Å². The van der Waals surface area contributed by atoms with Crippen molar-refractivity contribution >= 4 is 74.3 Å². The van der Waals surface area contributed by atoms with Crippen molar-refractivity contribution in [1.29, 1.82) is 0 Å². The minimum absolute atomic E-state index is 0.172. The molecular weight excluding hydrogens is 857 g/mol. The molecule has 5 aromatic rings. The first-order valence-electron chi connectivity index (χ1n) is 15.1. The van der Waals surface area contributed by atoms with Crippen LogP contribution < -0.4 is 24.4 Å². The average Bonchev–Trinajstić information content (AvgIpc) is 3.39. The van der Waals surface area contributed by atoms with Crippen LogP contribution in [0.1, 0.15) is 42.1 Å². The number of benzene rings is 4. The summed E-state index contributed by atoms with van der Waals surface area (Å²) in [6.07, 6.45) is 1.84. The van der Waals surface area contributed by atoms with Gasteiger partial charge in [-0.2, -0.15) is 0 Å². The van der Waals surface area contributed by atoms with Crippen molar-refractivity contribution in [2.75, 3.05) is 13.2 Å². The highest BCUT2D eigenvalue weighted by Crippen LogP contribution is 2.36. The topological polar surface area (TPSA) is 79.1 Å². The highest BCUT2D eigenvalue weighted by molar-refractivity contribution is 14.1. The first kappa shape index (κ1) is 34.1. The molecule has 11 heteroatoms. The fourth-order valence-corrected chi connectivity index (χ4v) is 8.49. The molecule has 0 amide bonds. The number of fused-ring (bicyclic) bond motifs is 1. The number of rotatable bonds is 10. The van der Waals surface area contributed by atoms with Gasteiger partial charge in [-0.05, 0) is 118 Å². The summed E-state index contributed by atoms with van der Waals surface area (Å²) in [5, 5.41) is 0. The molecular formula is C37H29FI2N2O5S. The lowest BCUT2D eigenvalue weighted by molar-refractivity contribution is -0.138. The van der Waals surface area contributed by atoms with Crippen molar-refractivity contribution in [3.63, 3.8) is 0 Å². The summed E-state index contributed by atoms with van der Waals surface area (Å²) in [6.45, 7) is 4.65. The fourth-order valence-electron chi connectivity index (χ4n) is 5.36. The fraction of sp³-hybridized carbons (Fsp3) is 0.162. The molecule has 7 nitrogen and oxygen atoms in total. The summed E-state index contributed by atoms with van der Waals surface area (Å²) in [5.41, 5.74) is 3.62. The van der Waals surface area contributed by atoms with Gasteiger partial charge >= 0.3 is 5.97 Å². The summed E-state index contributed by atoms with van der Waals surface area (Å²) in [7, 11) is 0. The van der Waals surface area contributed by atoms with Crippen LogP contribution in [0.2, 0.25) is 0 Å². The number of hydrogen-bond acceptors (Lipinski definition) is 7. The number of thiazole rings is 1. The number of hydrogen-bond donors (Lipinski definition) is 0. The summed E-state index contributed by atoms with van der Waals surface area (Å²) < 4.78 is 34.4. The molecule has 48 heavy (non-hydrogen) atoms. The highest BCUT2D eigenvalue weighted by Gasteiger charge is 2.35. The summed E-state index contributed by atoms with van der Waals surface area (Å²) in [5.74, 6) is 0.569. The molecule has 244 valence electrons. The minimum Gasteiger partial charge on any atom is -0.494 e. The summed E-state index contributed by atoms with van der Waals surface area (Å²) in [4.78, 5) is 33.4. The van der Waals surface area contributed by atoms with Gasteiger partial charge in [0, 0.05) is 5.56 Å². The molecule has 2 heterocycles. The Morgan fingerprint density at radius 3 is 2.27 bits per heavy atom. The van der Waals surface area contributed by atoms with Gasteiger partial charge in [0.1, 0.15) is 23.9 Å². The van der Waals surface area contributed by atoms with E-state index < -0.39 is 12.0 Å². The molecule has 4 aromatic carbocycles. The first-order valence-corrected chi connectivity index (χ1v) is 18.1. The normalized spacial score (nSPS) is 14.4. The third-order valence-electron chi connectivity index (χ3n) is 7.50. The van der Waals surface area contributed by atoms with Crippen LogP contribution in [0.3, 0.4) is 0 Å². The molecule has 0 saturated carbocycles. The molecule has 0 fully saturated rings. The molecule has 0 radical (unpaired) electrons. The van der Waals surface area contributed by atoms with E-state index in [2.05, 4.69) is 45.2 Å². The Balaban J connectivity index is 1.47. The molecule has 1 aliphatic rings. The third-order valence-corrected chi connectivity index (χ3v) is 10.1. The zero-order chi connectivity index (χ0) is 33.8. The summed E-state index contributed by atoms with van der Waals surface area (Å²) in [6, 6.07) is 26.2. The Bertz CT molecular complexity index is 2160. The van der Waals surface area contributed by atoms with E-state index in [1.54, 1.807) is 23.6 Å². The van der Waals surface area contributed by atoms with Crippen molar-refractivity contribution in [2.45, 2.75) is 26.5 Å². The summed E-state index contributed by atoms with van der Waals surface area (Å²) >= 11 is 5.70. The van der Waals surface area contributed by atoms with E-state index >= 15 is 0 Å². The van der Waals surface area contributed by atoms with Crippen LogP contribution in [0, 0.1) is 13.0 Å². The van der Waals surface area contributed by atoms with Gasteiger partial charge in [-0.25, -0.2) is 14.2 Å². The van der Waals surface area contributed by atoms with Crippen LogP contribution >= 0.6 is 56.5 Å². The van der Waals surface area contributed by atoms with E-state index in [0.29, 0.717) is 39.7 Å². The van der Waals surface area contributed by atoms with E-state index in [0.717, 1.165) is 29.4 Å². The largest absolute Gasteiger partial charge is 0.494 e. The van der Waals surface area contributed by atoms with Crippen LogP contribution in [-0.4, -0.2) is 23.8 Å². The number of carbonyl (C=O) groups excluding carboxylic acids is 1. The maximum atomic E-state index is 14.3. The standard InChI is InChI=1S/C37H29FI2N2O5S/c1-3-45-27-16-12-25(13-17-27)33-31(36(44)46-4-2)32(24-8-6-5-7-9-24)41-37-42(33)35(43)30(48-37)20-23-18-28(39)34(29(40)19-23)47-21-22-10-14-26(38)15-11-22/h5-20,33H,3-4,21H2,1-2H3/b30-20-/t33-/m1/s1. The van der Waals surface area contributed by atoms with E-state index in [9.17, 15) is 14.0 Å². The highest BCUT2D eigenvalue weighted by atomic mass is 127. The Morgan fingerprint density at radius 1 is 0.938 bits per heavy atom. The van der Waals surface area contributed by atoms with Gasteiger partial charge in [-0.3, -0.25) is 9.36 Å². The second-order valence-electron chi connectivity index (χ2n) is 10.7. The van der Waals surface area contributed by atoms with Crippen LogP contribution in [0.4, 0.5) is 4.39 Å². The van der Waals surface area contributed by atoms with Crippen LogP contribution in [0.15, 0.2) is 106 Å². The van der Waals surface area contributed by atoms with Crippen molar-refractivity contribution in [1.82, 2.24) is 4.57 Å². The van der Waals surface area contributed by atoms with Crippen LogP contribution in [0.25, 0.3) is 11.8 Å². The molecule has 0 N–H and O–H groups in total.